The van der Waals surface area contributed by atoms with Gasteiger partial charge in [-0.25, -0.2) is 0 Å². The molecule has 0 radical (unpaired) electrons. The molecule has 152 valence electrons. The molecule has 5 nitrogen and oxygen atoms in total. The number of amides is 1. The van der Waals surface area contributed by atoms with Crippen molar-refractivity contribution in [3.63, 3.8) is 0 Å². The first kappa shape index (κ1) is 20.6. The van der Waals surface area contributed by atoms with Crippen LogP contribution in [0, 0.1) is 6.92 Å². The van der Waals surface area contributed by atoms with Gasteiger partial charge in [-0.3, -0.25) is 9.59 Å². The number of benzene rings is 2. The zero-order valence-corrected chi connectivity index (χ0v) is 17.3. The Morgan fingerprint density at radius 2 is 1.90 bits per heavy atom. The third kappa shape index (κ3) is 4.86. The molecule has 1 N–H and O–H groups in total. The summed E-state index contributed by atoms with van der Waals surface area (Å²) in [7, 11) is 0. The van der Waals surface area contributed by atoms with Crippen molar-refractivity contribution in [2.45, 2.75) is 52.6 Å². The number of hydrogen-bond donors (Lipinski definition) is 1. The van der Waals surface area contributed by atoms with Crippen molar-refractivity contribution in [1.29, 1.82) is 0 Å². The molecule has 1 amide bonds. The number of rotatable bonds is 7. The molecule has 0 aliphatic heterocycles. The first-order valence-electron chi connectivity index (χ1n) is 9.95. The summed E-state index contributed by atoms with van der Waals surface area (Å²) in [4.78, 5) is 24.9. The lowest BCUT2D eigenvalue weighted by molar-refractivity contribution is -0.152. The van der Waals surface area contributed by atoms with Crippen LogP contribution in [0.4, 0.5) is 5.69 Å². The van der Waals surface area contributed by atoms with E-state index in [9.17, 15) is 9.59 Å². The van der Waals surface area contributed by atoms with Crippen molar-refractivity contribution in [2.24, 2.45) is 0 Å². The molecule has 2 atom stereocenters. The molecule has 0 aliphatic carbocycles. The van der Waals surface area contributed by atoms with Crippen LogP contribution in [0.2, 0.25) is 0 Å². The highest BCUT2D eigenvalue weighted by Crippen LogP contribution is 2.27. The number of ether oxygens (including phenoxy) is 1. The number of carbonyl (C=O) groups is 2. The van der Waals surface area contributed by atoms with E-state index in [1.54, 1.807) is 13.2 Å². The number of fused-ring (bicyclic) bond motifs is 1. The number of aryl methyl sites for hydroxylation is 1. The summed E-state index contributed by atoms with van der Waals surface area (Å²) in [6.45, 7) is 7.78. The largest absolute Gasteiger partial charge is 0.464 e. The summed E-state index contributed by atoms with van der Waals surface area (Å²) >= 11 is 0. The second-order valence-electron chi connectivity index (χ2n) is 7.46. The predicted octanol–water partition coefficient (Wildman–Crippen LogP) is 5.37. The number of nitrogens with one attached hydrogen (secondary N) is 1. The van der Waals surface area contributed by atoms with Crippen LogP contribution in [0.1, 0.15) is 49.8 Å². The first-order chi connectivity index (χ1) is 13.9. The molecular weight excluding hydrogens is 366 g/mol. The molecule has 1 heterocycles. The molecule has 3 aromatic rings. The van der Waals surface area contributed by atoms with Crippen LogP contribution >= 0.6 is 0 Å². The Morgan fingerprint density at radius 3 is 2.66 bits per heavy atom. The Kier molecular flexibility index (Phi) is 6.37. The van der Waals surface area contributed by atoms with Crippen molar-refractivity contribution >= 4 is 28.5 Å². The lowest BCUT2D eigenvalue weighted by Crippen LogP contribution is -2.30. The molecule has 2 aromatic carbocycles. The van der Waals surface area contributed by atoms with Crippen molar-refractivity contribution < 1.29 is 18.7 Å². The Bertz CT molecular complexity index is 1020. The van der Waals surface area contributed by atoms with Crippen LogP contribution in [-0.2, 0) is 20.7 Å². The predicted molar refractivity (Wildman–Crippen MR) is 114 cm³/mol. The quantitative estimate of drug-likeness (QED) is 0.548. The van der Waals surface area contributed by atoms with E-state index in [2.05, 4.69) is 19.2 Å². The zero-order valence-electron chi connectivity index (χ0n) is 17.3. The molecule has 1 aromatic heterocycles. The van der Waals surface area contributed by atoms with Gasteiger partial charge >= 0.3 is 5.97 Å². The number of anilines is 1. The number of hydrogen-bond acceptors (Lipinski definition) is 4. The van der Waals surface area contributed by atoms with Gasteiger partial charge in [-0.1, -0.05) is 44.2 Å². The number of furan rings is 1. The minimum Gasteiger partial charge on any atom is -0.464 e. The van der Waals surface area contributed by atoms with Gasteiger partial charge < -0.3 is 14.5 Å². The summed E-state index contributed by atoms with van der Waals surface area (Å²) in [6, 6.07) is 13.5. The highest BCUT2D eigenvalue weighted by atomic mass is 16.5. The summed E-state index contributed by atoms with van der Waals surface area (Å²) < 4.78 is 10.9. The molecule has 0 saturated heterocycles. The normalized spacial score (nSPS) is 13.1. The molecule has 0 bridgehead atoms. The van der Waals surface area contributed by atoms with E-state index in [1.807, 2.05) is 49.4 Å². The minimum absolute atomic E-state index is 0.0527. The number of esters is 1. The van der Waals surface area contributed by atoms with Gasteiger partial charge in [0.25, 0.3) is 5.91 Å². The van der Waals surface area contributed by atoms with E-state index in [0.29, 0.717) is 5.92 Å². The average Bonchev–Trinajstić information content (AvgIpc) is 3.09. The van der Waals surface area contributed by atoms with E-state index in [-0.39, 0.29) is 12.3 Å². The van der Waals surface area contributed by atoms with E-state index >= 15 is 0 Å². The number of para-hydroxylation sites is 1. The van der Waals surface area contributed by atoms with E-state index in [4.69, 9.17) is 9.15 Å². The zero-order chi connectivity index (χ0) is 21.0. The molecule has 0 fully saturated rings. The number of carbonyl (C=O) groups excluding carboxylic acids is 2. The second-order valence-corrected chi connectivity index (χ2v) is 7.46. The van der Waals surface area contributed by atoms with Gasteiger partial charge in [-0.2, -0.15) is 0 Å². The van der Waals surface area contributed by atoms with Gasteiger partial charge in [-0.15, -0.1) is 0 Å². The lowest BCUT2D eigenvalue weighted by atomic mass is 9.97. The average molecular weight is 393 g/mol. The van der Waals surface area contributed by atoms with E-state index in [0.717, 1.165) is 39.8 Å². The van der Waals surface area contributed by atoms with Crippen LogP contribution in [0.5, 0.6) is 0 Å². The van der Waals surface area contributed by atoms with Gasteiger partial charge in [0.05, 0.1) is 12.7 Å². The SMILES string of the molecule is CC[C@@H](C)c1ccccc1NC(=O)[C@H](C)OC(=O)Cc1coc2cc(C)ccc12. The standard InChI is InChI=1S/C24H27NO4/c1-5-16(3)19-8-6-7-9-21(19)25-24(27)17(4)29-23(26)13-18-14-28-22-12-15(2)10-11-20(18)22/h6-12,14,16-17H,5,13H2,1-4H3,(H,25,27)/t16-,17+/m1/s1. The third-order valence-corrected chi connectivity index (χ3v) is 5.19. The third-order valence-electron chi connectivity index (χ3n) is 5.19. The molecular formula is C24H27NO4. The summed E-state index contributed by atoms with van der Waals surface area (Å²) in [5, 5.41) is 3.77. The van der Waals surface area contributed by atoms with Gasteiger partial charge in [-0.05, 0) is 49.4 Å². The maximum Gasteiger partial charge on any atom is 0.311 e. The minimum atomic E-state index is -0.895. The van der Waals surface area contributed by atoms with Crippen LogP contribution in [0.3, 0.4) is 0 Å². The highest BCUT2D eigenvalue weighted by Gasteiger charge is 2.21. The van der Waals surface area contributed by atoms with Gasteiger partial charge in [0, 0.05) is 16.6 Å². The second kappa shape index (κ2) is 8.95. The summed E-state index contributed by atoms with van der Waals surface area (Å²) in [6.07, 6.45) is 1.69. The molecule has 0 spiro atoms. The lowest BCUT2D eigenvalue weighted by Gasteiger charge is -2.18. The Labute approximate surface area is 171 Å². The van der Waals surface area contributed by atoms with Crippen molar-refractivity contribution in [3.05, 3.63) is 65.4 Å². The molecule has 5 heteroatoms. The van der Waals surface area contributed by atoms with E-state index < -0.39 is 12.1 Å². The molecule has 29 heavy (non-hydrogen) atoms. The monoisotopic (exact) mass is 393 g/mol. The van der Waals surface area contributed by atoms with Crippen LogP contribution in [-0.4, -0.2) is 18.0 Å². The maximum atomic E-state index is 12.6. The fourth-order valence-corrected chi connectivity index (χ4v) is 3.27. The van der Waals surface area contributed by atoms with Gasteiger partial charge in [0.2, 0.25) is 0 Å². The topological polar surface area (TPSA) is 68.5 Å². The van der Waals surface area contributed by atoms with Crippen molar-refractivity contribution in [2.75, 3.05) is 5.32 Å². The Hall–Kier alpha value is -3.08. The smallest absolute Gasteiger partial charge is 0.311 e. The Balaban J connectivity index is 1.63. The van der Waals surface area contributed by atoms with Crippen molar-refractivity contribution in [3.8, 4) is 0 Å². The fourth-order valence-electron chi connectivity index (χ4n) is 3.27. The molecule has 0 saturated carbocycles. The van der Waals surface area contributed by atoms with Crippen LogP contribution in [0.15, 0.2) is 53.1 Å². The summed E-state index contributed by atoms with van der Waals surface area (Å²) in [5.41, 5.74) is 4.40. The Morgan fingerprint density at radius 1 is 1.14 bits per heavy atom. The fraction of sp³-hybridized carbons (Fsp3) is 0.333. The van der Waals surface area contributed by atoms with E-state index in [1.165, 1.54) is 0 Å². The maximum absolute atomic E-state index is 12.6. The summed E-state index contributed by atoms with van der Waals surface area (Å²) in [5.74, 6) is -0.490. The molecule has 0 unspecified atom stereocenters. The molecule has 0 aliphatic rings. The van der Waals surface area contributed by atoms with Crippen LogP contribution in [0.25, 0.3) is 11.0 Å². The first-order valence-corrected chi connectivity index (χ1v) is 9.95. The highest BCUT2D eigenvalue weighted by molar-refractivity contribution is 5.96. The molecule has 3 rings (SSSR count). The van der Waals surface area contributed by atoms with Crippen molar-refractivity contribution in [1.82, 2.24) is 0 Å². The van der Waals surface area contributed by atoms with Gasteiger partial charge in [0.1, 0.15) is 5.58 Å². The van der Waals surface area contributed by atoms with Gasteiger partial charge in [0.15, 0.2) is 6.10 Å². The van der Waals surface area contributed by atoms with Crippen LogP contribution < -0.4 is 5.32 Å².